The molecule has 1 atom stereocenters. The molecular formula is C18H30N4O. The molecule has 1 saturated heterocycles. The predicted molar refractivity (Wildman–Crippen MR) is 97.3 cm³/mol. The Balaban J connectivity index is 1.78. The third-order valence-electron chi connectivity index (χ3n) is 4.25. The number of aliphatic imine (C=N–C) groups is 1. The second kappa shape index (κ2) is 8.65. The fraction of sp³-hybridized carbons (Fsp3) is 0.611. The molecular weight excluding hydrogens is 288 g/mol. The van der Waals surface area contributed by atoms with Gasteiger partial charge in [-0.3, -0.25) is 4.99 Å². The Morgan fingerprint density at radius 3 is 3.04 bits per heavy atom. The summed E-state index contributed by atoms with van der Waals surface area (Å²) in [7, 11) is 1.70. The number of methoxy groups -OCH3 is 1. The van der Waals surface area contributed by atoms with E-state index in [-0.39, 0.29) is 0 Å². The Labute approximate surface area is 139 Å². The van der Waals surface area contributed by atoms with Crippen LogP contribution in [0.1, 0.15) is 26.7 Å². The van der Waals surface area contributed by atoms with Crippen LogP contribution in [0.4, 0.5) is 5.69 Å². The summed E-state index contributed by atoms with van der Waals surface area (Å²) in [5, 5.41) is 3.19. The summed E-state index contributed by atoms with van der Waals surface area (Å²) in [6, 6.07) is 8.24. The summed E-state index contributed by atoms with van der Waals surface area (Å²) in [5.41, 5.74) is 7.15. The highest BCUT2D eigenvalue weighted by molar-refractivity contribution is 5.77. The fourth-order valence-corrected chi connectivity index (χ4v) is 2.80. The van der Waals surface area contributed by atoms with Crippen molar-refractivity contribution in [3.63, 3.8) is 0 Å². The molecule has 1 fully saturated rings. The maximum atomic E-state index is 5.93. The monoisotopic (exact) mass is 318 g/mol. The summed E-state index contributed by atoms with van der Waals surface area (Å²) >= 11 is 0. The van der Waals surface area contributed by atoms with E-state index < -0.39 is 0 Å². The van der Waals surface area contributed by atoms with Crippen LogP contribution in [-0.4, -0.2) is 39.2 Å². The first-order valence-corrected chi connectivity index (χ1v) is 8.51. The minimum absolute atomic E-state index is 0.562. The molecule has 1 unspecified atom stereocenters. The lowest BCUT2D eigenvalue weighted by molar-refractivity contribution is 0.415. The molecule has 0 radical (unpaired) electrons. The van der Waals surface area contributed by atoms with Crippen molar-refractivity contribution in [2.45, 2.75) is 26.7 Å². The highest BCUT2D eigenvalue weighted by Gasteiger charge is 2.22. The molecule has 0 spiro atoms. The van der Waals surface area contributed by atoms with Gasteiger partial charge >= 0.3 is 0 Å². The number of ether oxygens (including phenoxy) is 1. The van der Waals surface area contributed by atoms with Crippen LogP contribution < -0.4 is 20.7 Å². The van der Waals surface area contributed by atoms with Crippen molar-refractivity contribution in [2.24, 2.45) is 22.6 Å². The zero-order valence-corrected chi connectivity index (χ0v) is 14.6. The van der Waals surface area contributed by atoms with Gasteiger partial charge in [0, 0.05) is 37.9 Å². The van der Waals surface area contributed by atoms with E-state index in [0.717, 1.165) is 44.8 Å². The smallest absolute Gasteiger partial charge is 0.188 e. The maximum absolute atomic E-state index is 5.93. The molecule has 1 aromatic rings. The average Bonchev–Trinajstić information content (AvgIpc) is 3.01. The predicted octanol–water partition coefficient (Wildman–Crippen LogP) is 2.47. The van der Waals surface area contributed by atoms with Gasteiger partial charge in [-0.1, -0.05) is 19.9 Å². The molecule has 128 valence electrons. The van der Waals surface area contributed by atoms with Gasteiger partial charge in [-0.2, -0.15) is 0 Å². The average molecular weight is 318 g/mol. The first-order valence-electron chi connectivity index (χ1n) is 8.51. The molecule has 0 saturated carbocycles. The first kappa shape index (κ1) is 17.4. The molecule has 3 N–H and O–H groups in total. The number of hydrogen-bond donors (Lipinski definition) is 2. The Hall–Kier alpha value is -1.91. The molecule has 5 nitrogen and oxygen atoms in total. The van der Waals surface area contributed by atoms with E-state index in [1.807, 2.05) is 12.1 Å². The lowest BCUT2D eigenvalue weighted by atomic mass is 10.1. The van der Waals surface area contributed by atoms with E-state index >= 15 is 0 Å². The zero-order valence-electron chi connectivity index (χ0n) is 14.6. The molecule has 1 heterocycles. The Bertz CT molecular complexity index is 515. The van der Waals surface area contributed by atoms with Crippen molar-refractivity contribution in [3.8, 4) is 5.75 Å². The minimum atomic E-state index is 0.562. The molecule has 1 aliphatic rings. The number of guanidine groups is 1. The molecule has 5 heteroatoms. The van der Waals surface area contributed by atoms with Crippen LogP contribution in [-0.2, 0) is 0 Å². The van der Waals surface area contributed by atoms with E-state index in [0.29, 0.717) is 17.8 Å². The summed E-state index contributed by atoms with van der Waals surface area (Å²) in [4.78, 5) is 6.89. The van der Waals surface area contributed by atoms with Gasteiger partial charge in [-0.25, -0.2) is 0 Å². The summed E-state index contributed by atoms with van der Waals surface area (Å²) < 4.78 is 5.30. The van der Waals surface area contributed by atoms with Gasteiger partial charge in [0.1, 0.15) is 5.75 Å². The lowest BCUT2D eigenvalue weighted by Crippen LogP contribution is -2.33. The van der Waals surface area contributed by atoms with Crippen molar-refractivity contribution in [2.75, 3.05) is 38.2 Å². The number of nitrogens with zero attached hydrogens (tertiary/aromatic N) is 2. The van der Waals surface area contributed by atoms with Gasteiger partial charge in [0.2, 0.25) is 0 Å². The van der Waals surface area contributed by atoms with Gasteiger partial charge in [0.25, 0.3) is 0 Å². The Kier molecular flexibility index (Phi) is 6.56. The van der Waals surface area contributed by atoms with E-state index in [1.165, 1.54) is 5.69 Å². The van der Waals surface area contributed by atoms with Crippen LogP contribution in [0.25, 0.3) is 0 Å². The molecule has 0 aromatic heterocycles. The summed E-state index contributed by atoms with van der Waals surface area (Å²) in [5.74, 6) is 2.72. The number of anilines is 1. The third-order valence-corrected chi connectivity index (χ3v) is 4.25. The molecule has 0 aliphatic carbocycles. The normalized spacial score (nSPS) is 18.5. The van der Waals surface area contributed by atoms with Crippen LogP contribution in [0.2, 0.25) is 0 Å². The standard InChI is InChI=1S/C18H30N4O/c1-14(2)7-9-20-18(19)21-12-15-8-10-22(13-15)16-5-4-6-17(11-16)23-3/h4-6,11,14-15H,7-10,12-13H2,1-3H3,(H3,19,20,21). The quantitative estimate of drug-likeness (QED) is 0.599. The van der Waals surface area contributed by atoms with Crippen molar-refractivity contribution in [1.82, 2.24) is 5.32 Å². The molecule has 0 bridgehead atoms. The number of benzene rings is 1. The van der Waals surface area contributed by atoms with Gasteiger partial charge in [0.15, 0.2) is 5.96 Å². The van der Waals surface area contributed by atoms with E-state index in [9.17, 15) is 0 Å². The van der Waals surface area contributed by atoms with Gasteiger partial charge in [-0.15, -0.1) is 0 Å². The number of rotatable bonds is 7. The second-order valence-corrected chi connectivity index (χ2v) is 6.64. The number of nitrogens with one attached hydrogen (secondary N) is 1. The molecule has 1 aliphatic heterocycles. The Morgan fingerprint density at radius 2 is 2.30 bits per heavy atom. The molecule has 23 heavy (non-hydrogen) atoms. The van der Waals surface area contributed by atoms with Crippen LogP contribution >= 0.6 is 0 Å². The Morgan fingerprint density at radius 1 is 1.48 bits per heavy atom. The van der Waals surface area contributed by atoms with E-state index in [1.54, 1.807) is 7.11 Å². The topological polar surface area (TPSA) is 62.9 Å². The number of nitrogens with two attached hydrogens (primary N) is 1. The van der Waals surface area contributed by atoms with E-state index in [2.05, 4.69) is 41.2 Å². The first-order chi connectivity index (χ1) is 11.1. The van der Waals surface area contributed by atoms with Crippen LogP contribution in [0.3, 0.4) is 0 Å². The van der Waals surface area contributed by atoms with Crippen LogP contribution in [0.15, 0.2) is 29.3 Å². The highest BCUT2D eigenvalue weighted by Crippen LogP contribution is 2.26. The number of hydrogen-bond acceptors (Lipinski definition) is 3. The highest BCUT2D eigenvalue weighted by atomic mass is 16.5. The second-order valence-electron chi connectivity index (χ2n) is 6.64. The van der Waals surface area contributed by atoms with Crippen LogP contribution in [0, 0.1) is 11.8 Å². The molecule has 0 amide bonds. The van der Waals surface area contributed by atoms with Gasteiger partial charge in [-0.05, 0) is 36.8 Å². The largest absolute Gasteiger partial charge is 0.497 e. The van der Waals surface area contributed by atoms with Gasteiger partial charge in [0.05, 0.1) is 7.11 Å². The van der Waals surface area contributed by atoms with Crippen LogP contribution in [0.5, 0.6) is 5.75 Å². The fourth-order valence-electron chi connectivity index (χ4n) is 2.80. The minimum Gasteiger partial charge on any atom is -0.497 e. The summed E-state index contributed by atoms with van der Waals surface area (Å²) in [6.07, 6.45) is 2.27. The van der Waals surface area contributed by atoms with Crippen molar-refractivity contribution >= 4 is 11.6 Å². The summed E-state index contributed by atoms with van der Waals surface area (Å²) in [6.45, 7) is 8.19. The van der Waals surface area contributed by atoms with Crippen molar-refractivity contribution < 1.29 is 4.74 Å². The lowest BCUT2D eigenvalue weighted by Gasteiger charge is -2.19. The van der Waals surface area contributed by atoms with Crippen molar-refractivity contribution in [3.05, 3.63) is 24.3 Å². The third kappa shape index (κ3) is 5.66. The van der Waals surface area contributed by atoms with Gasteiger partial charge < -0.3 is 20.7 Å². The van der Waals surface area contributed by atoms with E-state index in [4.69, 9.17) is 10.5 Å². The van der Waals surface area contributed by atoms with Crippen molar-refractivity contribution in [1.29, 1.82) is 0 Å². The maximum Gasteiger partial charge on any atom is 0.188 e. The molecule has 2 rings (SSSR count). The molecule has 1 aromatic carbocycles. The zero-order chi connectivity index (χ0) is 16.7. The SMILES string of the molecule is COc1cccc(N2CCC(CN=C(N)NCCC(C)C)C2)c1.